The van der Waals surface area contributed by atoms with Crippen molar-refractivity contribution in [2.45, 2.75) is 26.2 Å². The number of hydrogen-bond acceptors (Lipinski definition) is 2. The lowest BCUT2D eigenvalue weighted by Gasteiger charge is -2.07. The third kappa shape index (κ3) is 6.82. The number of hydrogen-bond donors (Lipinski definition) is 2. The predicted octanol–water partition coefficient (Wildman–Crippen LogP) is 1.92. The maximum absolute atomic E-state index is 11.5. The van der Waals surface area contributed by atoms with Crippen molar-refractivity contribution in [2.24, 2.45) is 0 Å². The maximum Gasteiger partial charge on any atom is 0.239 e. The van der Waals surface area contributed by atoms with E-state index >= 15 is 0 Å². The Bertz CT molecular complexity index is 435. The first kappa shape index (κ1) is 15.5. The van der Waals surface area contributed by atoms with Crippen LogP contribution in [0.1, 0.15) is 25.3 Å². The minimum absolute atomic E-state index is 0.0361. The van der Waals surface area contributed by atoms with Crippen LogP contribution in [0.2, 0.25) is 5.02 Å². The molecule has 0 aliphatic heterocycles. The summed E-state index contributed by atoms with van der Waals surface area (Å²) in [5, 5.41) is 6.01. The van der Waals surface area contributed by atoms with Gasteiger partial charge in [-0.2, -0.15) is 0 Å². The van der Waals surface area contributed by atoms with Crippen LogP contribution in [0.3, 0.4) is 0 Å². The van der Waals surface area contributed by atoms with Gasteiger partial charge in [-0.25, -0.2) is 0 Å². The molecule has 104 valence electrons. The topological polar surface area (TPSA) is 58.2 Å². The van der Waals surface area contributed by atoms with Crippen molar-refractivity contribution in [2.75, 3.05) is 13.1 Å². The summed E-state index contributed by atoms with van der Waals surface area (Å²) in [6, 6.07) is 7.52. The van der Waals surface area contributed by atoms with Crippen molar-refractivity contribution in [1.82, 2.24) is 10.6 Å². The molecule has 2 N–H and O–H groups in total. The van der Waals surface area contributed by atoms with Crippen LogP contribution in [0.15, 0.2) is 24.3 Å². The van der Waals surface area contributed by atoms with Crippen LogP contribution in [0.5, 0.6) is 0 Å². The molecule has 0 saturated heterocycles. The van der Waals surface area contributed by atoms with Crippen molar-refractivity contribution in [3.63, 3.8) is 0 Å². The van der Waals surface area contributed by atoms with Gasteiger partial charge in [0, 0.05) is 18.0 Å². The third-order valence-corrected chi connectivity index (χ3v) is 2.78. The number of halogens is 1. The van der Waals surface area contributed by atoms with E-state index in [-0.39, 0.29) is 18.4 Å². The molecule has 0 spiro atoms. The van der Waals surface area contributed by atoms with Gasteiger partial charge in [-0.1, -0.05) is 30.7 Å². The number of amides is 2. The molecule has 1 aromatic carbocycles. The van der Waals surface area contributed by atoms with Gasteiger partial charge in [0.15, 0.2) is 0 Å². The van der Waals surface area contributed by atoms with Crippen LogP contribution in [0.4, 0.5) is 0 Å². The molecule has 0 saturated carbocycles. The molecule has 0 bridgehead atoms. The van der Waals surface area contributed by atoms with Gasteiger partial charge >= 0.3 is 0 Å². The van der Waals surface area contributed by atoms with Crippen molar-refractivity contribution in [3.05, 3.63) is 34.9 Å². The fourth-order valence-electron chi connectivity index (χ4n) is 1.60. The molecular weight excluding hydrogens is 264 g/mol. The standard InChI is InChI=1S/C14H19ClN2O2/c1-2-4-13(18)17-10-14(19)16-8-7-11-5-3-6-12(15)9-11/h3,5-6,9H,2,4,7-8,10H2,1H3,(H,16,19)(H,17,18). The SMILES string of the molecule is CCCC(=O)NCC(=O)NCCc1cccc(Cl)c1. The fraction of sp³-hybridized carbons (Fsp3) is 0.429. The van der Waals surface area contributed by atoms with Gasteiger partial charge in [-0.3, -0.25) is 9.59 Å². The lowest BCUT2D eigenvalue weighted by atomic mass is 10.1. The molecule has 1 rings (SSSR count). The van der Waals surface area contributed by atoms with E-state index in [9.17, 15) is 9.59 Å². The number of nitrogens with one attached hydrogen (secondary N) is 2. The highest BCUT2D eigenvalue weighted by Crippen LogP contribution is 2.10. The Hall–Kier alpha value is -1.55. The minimum atomic E-state index is -0.175. The average Bonchev–Trinajstić information content (AvgIpc) is 2.37. The van der Waals surface area contributed by atoms with Gasteiger partial charge in [-0.05, 0) is 30.5 Å². The second kappa shape index (κ2) is 8.53. The van der Waals surface area contributed by atoms with Gasteiger partial charge < -0.3 is 10.6 Å². The second-order valence-corrected chi connectivity index (χ2v) is 4.69. The van der Waals surface area contributed by atoms with Gasteiger partial charge in [-0.15, -0.1) is 0 Å². The zero-order valence-electron chi connectivity index (χ0n) is 11.0. The number of benzene rings is 1. The van der Waals surface area contributed by atoms with E-state index in [0.717, 1.165) is 18.4 Å². The quantitative estimate of drug-likeness (QED) is 0.803. The Morgan fingerprint density at radius 1 is 1.21 bits per heavy atom. The third-order valence-electron chi connectivity index (χ3n) is 2.55. The summed E-state index contributed by atoms with van der Waals surface area (Å²) in [6.07, 6.45) is 1.95. The van der Waals surface area contributed by atoms with Crippen molar-refractivity contribution >= 4 is 23.4 Å². The molecule has 1 aromatic rings. The smallest absolute Gasteiger partial charge is 0.239 e. The summed E-state index contributed by atoms with van der Waals surface area (Å²) in [5.74, 6) is -0.265. The van der Waals surface area contributed by atoms with E-state index in [4.69, 9.17) is 11.6 Å². The minimum Gasteiger partial charge on any atom is -0.354 e. The molecule has 0 radical (unpaired) electrons. The van der Waals surface area contributed by atoms with Crippen LogP contribution >= 0.6 is 11.6 Å². The van der Waals surface area contributed by atoms with Gasteiger partial charge in [0.1, 0.15) is 0 Å². The van der Waals surface area contributed by atoms with E-state index in [0.29, 0.717) is 18.0 Å². The number of carbonyl (C=O) groups is 2. The Kier molecular flexibility index (Phi) is 6.97. The molecule has 0 aliphatic carbocycles. The number of carbonyl (C=O) groups excluding carboxylic acids is 2. The van der Waals surface area contributed by atoms with Crippen LogP contribution in [-0.2, 0) is 16.0 Å². The fourth-order valence-corrected chi connectivity index (χ4v) is 1.81. The normalized spacial score (nSPS) is 10.0. The molecule has 0 aromatic heterocycles. The van der Waals surface area contributed by atoms with Crippen molar-refractivity contribution in [3.8, 4) is 0 Å². The monoisotopic (exact) mass is 282 g/mol. The summed E-state index contributed by atoms with van der Waals surface area (Å²) < 4.78 is 0. The lowest BCUT2D eigenvalue weighted by molar-refractivity contribution is -0.126. The Morgan fingerprint density at radius 3 is 2.68 bits per heavy atom. The summed E-state index contributed by atoms with van der Waals surface area (Å²) in [7, 11) is 0. The average molecular weight is 283 g/mol. The molecule has 0 aliphatic rings. The van der Waals surface area contributed by atoms with Crippen LogP contribution in [0.25, 0.3) is 0 Å². The first-order chi connectivity index (χ1) is 9.11. The van der Waals surface area contributed by atoms with Crippen LogP contribution in [-0.4, -0.2) is 24.9 Å². The lowest BCUT2D eigenvalue weighted by Crippen LogP contribution is -2.37. The van der Waals surface area contributed by atoms with E-state index in [2.05, 4.69) is 10.6 Å². The zero-order chi connectivity index (χ0) is 14.1. The van der Waals surface area contributed by atoms with E-state index < -0.39 is 0 Å². The van der Waals surface area contributed by atoms with Crippen LogP contribution in [0, 0.1) is 0 Å². The largest absolute Gasteiger partial charge is 0.354 e. The molecule has 0 unspecified atom stereocenters. The second-order valence-electron chi connectivity index (χ2n) is 4.26. The van der Waals surface area contributed by atoms with Crippen molar-refractivity contribution < 1.29 is 9.59 Å². The summed E-state index contributed by atoms with van der Waals surface area (Å²) >= 11 is 5.87. The highest BCUT2D eigenvalue weighted by molar-refractivity contribution is 6.30. The first-order valence-electron chi connectivity index (χ1n) is 6.39. The molecule has 0 fully saturated rings. The van der Waals surface area contributed by atoms with Crippen molar-refractivity contribution in [1.29, 1.82) is 0 Å². The van der Waals surface area contributed by atoms with E-state index in [1.54, 1.807) is 0 Å². The first-order valence-corrected chi connectivity index (χ1v) is 6.77. The molecular formula is C14H19ClN2O2. The highest BCUT2D eigenvalue weighted by Gasteiger charge is 2.04. The summed E-state index contributed by atoms with van der Waals surface area (Å²) in [6.45, 7) is 2.49. The van der Waals surface area contributed by atoms with E-state index in [1.807, 2.05) is 31.2 Å². The summed E-state index contributed by atoms with van der Waals surface area (Å²) in [4.78, 5) is 22.6. The van der Waals surface area contributed by atoms with Gasteiger partial charge in [0.2, 0.25) is 11.8 Å². The maximum atomic E-state index is 11.5. The van der Waals surface area contributed by atoms with E-state index in [1.165, 1.54) is 0 Å². The molecule has 0 heterocycles. The molecule has 0 atom stereocenters. The predicted molar refractivity (Wildman–Crippen MR) is 76.1 cm³/mol. The zero-order valence-corrected chi connectivity index (χ0v) is 11.8. The van der Waals surface area contributed by atoms with Gasteiger partial charge in [0.05, 0.1) is 6.54 Å². The highest BCUT2D eigenvalue weighted by atomic mass is 35.5. The molecule has 4 nitrogen and oxygen atoms in total. The molecule has 19 heavy (non-hydrogen) atoms. The molecule has 5 heteroatoms. The Balaban J connectivity index is 2.18. The number of rotatable bonds is 7. The van der Waals surface area contributed by atoms with Crippen LogP contribution < -0.4 is 10.6 Å². The van der Waals surface area contributed by atoms with Gasteiger partial charge in [0.25, 0.3) is 0 Å². The molecule has 2 amide bonds. The Morgan fingerprint density at radius 2 is 2.00 bits per heavy atom. The summed E-state index contributed by atoms with van der Waals surface area (Å²) in [5.41, 5.74) is 1.07. The Labute approximate surface area is 118 Å².